The smallest absolute Gasteiger partial charge is 0.371 e. The molecule has 1 amide bonds. The summed E-state index contributed by atoms with van der Waals surface area (Å²) >= 11 is 0. The molecule has 6 heteroatoms. The number of nitrogens with one attached hydrogen (secondary N) is 2. The molecular formula is C13H12N2O4. The Morgan fingerprint density at radius 2 is 1.68 bits per heavy atom. The molecule has 0 atom stereocenters. The number of carboxylic acid groups (broad SMARTS) is 1. The van der Waals surface area contributed by atoms with Gasteiger partial charge in [-0.25, -0.2) is 4.79 Å². The minimum atomic E-state index is -1.12. The van der Waals surface area contributed by atoms with Crippen molar-refractivity contribution in [3.63, 3.8) is 0 Å². The molecule has 0 fully saturated rings. The summed E-state index contributed by atoms with van der Waals surface area (Å²) in [6.45, 7) is 1.43. The van der Waals surface area contributed by atoms with E-state index in [1.807, 2.05) is 0 Å². The number of furan rings is 1. The maximum Gasteiger partial charge on any atom is 0.371 e. The first-order valence-corrected chi connectivity index (χ1v) is 5.52. The third kappa shape index (κ3) is 3.35. The van der Waals surface area contributed by atoms with Gasteiger partial charge in [-0.3, -0.25) is 4.79 Å². The van der Waals surface area contributed by atoms with Crippen LogP contribution in [0.5, 0.6) is 0 Å². The van der Waals surface area contributed by atoms with Crippen LogP contribution < -0.4 is 10.6 Å². The number of aromatic carboxylic acids is 1. The van der Waals surface area contributed by atoms with E-state index in [1.54, 1.807) is 24.3 Å². The van der Waals surface area contributed by atoms with Crippen LogP contribution in [-0.4, -0.2) is 17.0 Å². The van der Waals surface area contributed by atoms with Crippen LogP contribution in [0.2, 0.25) is 0 Å². The van der Waals surface area contributed by atoms with Crippen molar-refractivity contribution < 1.29 is 19.1 Å². The van der Waals surface area contributed by atoms with E-state index >= 15 is 0 Å². The standard InChI is InChI=1S/C13H12N2O4/c1-8(16)14-9-2-4-10(5-3-9)15-12-7-6-11(19-12)13(17)18/h2-7,15H,1H3,(H,14,16)(H,17,18). The van der Waals surface area contributed by atoms with Gasteiger partial charge in [0.2, 0.25) is 11.7 Å². The molecule has 1 heterocycles. The van der Waals surface area contributed by atoms with Gasteiger partial charge in [-0.2, -0.15) is 0 Å². The van der Waals surface area contributed by atoms with Gasteiger partial charge in [0, 0.05) is 24.4 Å². The van der Waals surface area contributed by atoms with Gasteiger partial charge in [-0.05, 0) is 30.3 Å². The second-order valence-corrected chi connectivity index (χ2v) is 3.85. The van der Waals surface area contributed by atoms with Crippen LogP contribution in [-0.2, 0) is 4.79 Å². The Labute approximate surface area is 109 Å². The van der Waals surface area contributed by atoms with Crippen molar-refractivity contribution in [3.8, 4) is 0 Å². The van der Waals surface area contributed by atoms with Gasteiger partial charge in [0.05, 0.1) is 0 Å². The molecule has 6 nitrogen and oxygen atoms in total. The lowest BCUT2D eigenvalue weighted by Crippen LogP contribution is -2.05. The summed E-state index contributed by atoms with van der Waals surface area (Å²) in [4.78, 5) is 21.5. The minimum absolute atomic E-state index is 0.127. The van der Waals surface area contributed by atoms with Crippen molar-refractivity contribution in [1.29, 1.82) is 0 Å². The fourth-order valence-corrected chi connectivity index (χ4v) is 1.50. The highest BCUT2D eigenvalue weighted by Crippen LogP contribution is 2.21. The molecular weight excluding hydrogens is 248 g/mol. The fraction of sp³-hybridized carbons (Fsp3) is 0.0769. The van der Waals surface area contributed by atoms with Gasteiger partial charge in [0.25, 0.3) is 0 Å². The van der Waals surface area contributed by atoms with Crippen LogP contribution in [0.25, 0.3) is 0 Å². The summed E-state index contributed by atoms with van der Waals surface area (Å²) < 4.78 is 5.06. The number of hydrogen-bond acceptors (Lipinski definition) is 4. The molecule has 0 aliphatic rings. The molecule has 3 N–H and O–H groups in total. The average Bonchev–Trinajstić information content (AvgIpc) is 2.80. The molecule has 0 saturated heterocycles. The van der Waals surface area contributed by atoms with E-state index in [9.17, 15) is 9.59 Å². The Morgan fingerprint density at radius 1 is 1.05 bits per heavy atom. The van der Waals surface area contributed by atoms with Crippen molar-refractivity contribution in [3.05, 3.63) is 42.2 Å². The van der Waals surface area contributed by atoms with Crippen molar-refractivity contribution in [2.45, 2.75) is 6.92 Å². The lowest BCUT2D eigenvalue weighted by atomic mass is 10.3. The lowest BCUT2D eigenvalue weighted by Gasteiger charge is -2.05. The molecule has 0 aliphatic heterocycles. The molecule has 1 aromatic heterocycles. The molecule has 1 aromatic carbocycles. The molecule has 98 valence electrons. The molecule has 19 heavy (non-hydrogen) atoms. The zero-order chi connectivity index (χ0) is 13.8. The molecule has 0 radical (unpaired) electrons. The summed E-state index contributed by atoms with van der Waals surface area (Å²) in [5, 5.41) is 14.3. The first kappa shape index (κ1) is 12.7. The number of carbonyl (C=O) groups is 2. The van der Waals surface area contributed by atoms with Crippen LogP contribution in [0, 0.1) is 0 Å². The topological polar surface area (TPSA) is 91.6 Å². The minimum Gasteiger partial charge on any atom is -0.475 e. The average molecular weight is 260 g/mol. The molecule has 0 spiro atoms. The Balaban J connectivity index is 2.06. The number of amides is 1. The van der Waals surface area contributed by atoms with E-state index < -0.39 is 5.97 Å². The van der Waals surface area contributed by atoms with Gasteiger partial charge in [-0.1, -0.05) is 0 Å². The molecule has 0 bridgehead atoms. The van der Waals surface area contributed by atoms with Crippen LogP contribution in [0.1, 0.15) is 17.5 Å². The van der Waals surface area contributed by atoms with Crippen LogP contribution in [0.4, 0.5) is 17.3 Å². The summed E-state index contributed by atoms with van der Waals surface area (Å²) in [7, 11) is 0. The highest BCUT2D eigenvalue weighted by molar-refractivity contribution is 5.89. The van der Waals surface area contributed by atoms with Gasteiger partial charge < -0.3 is 20.2 Å². The summed E-state index contributed by atoms with van der Waals surface area (Å²) in [6, 6.07) is 9.85. The molecule has 2 rings (SSSR count). The second kappa shape index (κ2) is 5.26. The SMILES string of the molecule is CC(=O)Nc1ccc(Nc2ccc(C(=O)O)o2)cc1. The van der Waals surface area contributed by atoms with Crippen molar-refractivity contribution >= 4 is 29.1 Å². The normalized spacial score (nSPS) is 9.95. The van der Waals surface area contributed by atoms with E-state index in [1.165, 1.54) is 19.1 Å². The van der Waals surface area contributed by atoms with Gasteiger partial charge in [-0.15, -0.1) is 0 Å². The van der Waals surface area contributed by atoms with E-state index in [0.717, 1.165) is 5.69 Å². The number of anilines is 3. The number of carboxylic acids is 1. The largest absolute Gasteiger partial charge is 0.475 e. The first-order chi connectivity index (χ1) is 9.04. The molecule has 0 saturated carbocycles. The highest BCUT2D eigenvalue weighted by Gasteiger charge is 2.08. The summed E-state index contributed by atoms with van der Waals surface area (Å²) in [6.07, 6.45) is 0. The number of benzene rings is 1. The molecule has 0 aliphatic carbocycles. The van der Waals surface area contributed by atoms with Crippen molar-refractivity contribution in [2.75, 3.05) is 10.6 Å². The Morgan fingerprint density at radius 3 is 2.21 bits per heavy atom. The van der Waals surface area contributed by atoms with Gasteiger partial charge in [0.1, 0.15) is 0 Å². The fourth-order valence-electron chi connectivity index (χ4n) is 1.50. The zero-order valence-electron chi connectivity index (χ0n) is 10.1. The predicted octanol–water partition coefficient (Wildman–Crippen LogP) is 2.68. The van der Waals surface area contributed by atoms with E-state index in [0.29, 0.717) is 11.6 Å². The zero-order valence-corrected chi connectivity index (χ0v) is 10.1. The molecule has 0 unspecified atom stereocenters. The number of hydrogen-bond donors (Lipinski definition) is 3. The van der Waals surface area contributed by atoms with E-state index in [4.69, 9.17) is 9.52 Å². The number of rotatable bonds is 4. The van der Waals surface area contributed by atoms with Gasteiger partial charge in [0.15, 0.2) is 5.88 Å². The van der Waals surface area contributed by atoms with Crippen molar-refractivity contribution in [2.24, 2.45) is 0 Å². The van der Waals surface area contributed by atoms with Crippen LogP contribution in [0.3, 0.4) is 0 Å². The van der Waals surface area contributed by atoms with Crippen LogP contribution in [0.15, 0.2) is 40.8 Å². The maximum absolute atomic E-state index is 10.9. The first-order valence-electron chi connectivity index (χ1n) is 5.52. The monoisotopic (exact) mass is 260 g/mol. The Bertz CT molecular complexity index is 601. The molecule has 2 aromatic rings. The van der Waals surface area contributed by atoms with Crippen LogP contribution >= 0.6 is 0 Å². The quantitative estimate of drug-likeness (QED) is 0.786. The number of carbonyl (C=O) groups excluding carboxylic acids is 1. The summed E-state index contributed by atoms with van der Waals surface area (Å²) in [5.41, 5.74) is 1.41. The predicted molar refractivity (Wildman–Crippen MR) is 69.7 cm³/mol. The third-order valence-electron chi connectivity index (χ3n) is 2.29. The third-order valence-corrected chi connectivity index (χ3v) is 2.29. The maximum atomic E-state index is 10.9. The second-order valence-electron chi connectivity index (χ2n) is 3.85. The van der Waals surface area contributed by atoms with E-state index in [-0.39, 0.29) is 11.7 Å². The lowest BCUT2D eigenvalue weighted by molar-refractivity contribution is -0.114. The van der Waals surface area contributed by atoms with Crippen molar-refractivity contribution in [1.82, 2.24) is 0 Å². The van der Waals surface area contributed by atoms with Gasteiger partial charge >= 0.3 is 5.97 Å². The Hall–Kier alpha value is -2.76. The summed E-state index contributed by atoms with van der Waals surface area (Å²) in [5.74, 6) is -1.05. The Kier molecular flexibility index (Phi) is 3.51. The highest BCUT2D eigenvalue weighted by atomic mass is 16.4. The van der Waals surface area contributed by atoms with E-state index in [2.05, 4.69) is 10.6 Å².